The zero-order valence-electron chi connectivity index (χ0n) is 24.6. The van der Waals surface area contributed by atoms with Crippen molar-refractivity contribution < 1.29 is 23.7 Å². The number of aromatic nitrogens is 1. The summed E-state index contributed by atoms with van der Waals surface area (Å²) in [7, 11) is 1.57. The Labute approximate surface area is 286 Å². The lowest BCUT2D eigenvalue weighted by Gasteiger charge is -2.25. The molecule has 8 nitrogen and oxygen atoms in total. The van der Waals surface area contributed by atoms with Gasteiger partial charge in [-0.15, -0.1) is 0 Å². The van der Waals surface area contributed by atoms with Gasteiger partial charge in [0.15, 0.2) is 16.3 Å². The highest BCUT2D eigenvalue weighted by atomic mass is 127. The maximum Gasteiger partial charge on any atom is 0.338 e. The maximum atomic E-state index is 14.1. The summed E-state index contributed by atoms with van der Waals surface area (Å²) >= 11 is 5.80. The molecule has 44 heavy (non-hydrogen) atoms. The van der Waals surface area contributed by atoms with E-state index in [1.807, 2.05) is 61.5 Å². The average Bonchev–Trinajstić information content (AvgIpc) is 3.30. The van der Waals surface area contributed by atoms with Crippen LogP contribution in [-0.4, -0.2) is 30.9 Å². The van der Waals surface area contributed by atoms with Gasteiger partial charge in [-0.1, -0.05) is 47.7 Å². The highest BCUT2D eigenvalue weighted by molar-refractivity contribution is 14.1. The molecule has 1 unspecified atom stereocenters. The summed E-state index contributed by atoms with van der Waals surface area (Å²) in [6.07, 6.45) is 1.86. The van der Waals surface area contributed by atoms with Gasteiger partial charge in [-0.25, -0.2) is 9.79 Å². The molecule has 1 aromatic heterocycles. The first-order chi connectivity index (χ1) is 21.2. The quantitative estimate of drug-likeness (QED) is 0.144. The predicted molar refractivity (Wildman–Crippen MR) is 187 cm³/mol. The fourth-order valence-electron chi connectivity index (χ4n) is 4.92. The average molecular weight is 836 g/mol. The molecule has 3 aromatic carbocycles. The largest absolute Gasteiger partial charge is 0.493 e. The zero-order valence-corrected chi connectivity index (χ0v) is 29.7. The van der Waals surface area contributed by atoms with Crippen LogP contribution in [-0.2, 0) is 16.1 Å². The Morgan fingerprint density at radius 2 is 1.73 bits per heavy atom. The fourth-order valence-corrected chi connectivity index (χ4v) is 8.09. The van der Waals surface area contributed by atoms with Crippen molar-refractivity contribution in [1.29, 1.82) is 0 Å². The van der Waals surface area contributed by atoms with Crippen molar-refractivity contribution in [3.8, 4) is 17.2 Å². The number of nitrogens with zero attached hydrogens (tertiary/aromatic N) is 2. The first-order valence-electron chi connectivity index (χ1n) is 13.9. The van der Waals surface area contributed by atoms with E-state index < -0.39 is 12.0 Å². The van der Waals surface area contributed by atoms with Gasteiger partial charge in [-0.2, -0.15) is 0 Å². The molecule has 5 rings (SSSR count). The SMILES string of the molecule is CCOC(=O)C1=C(C)N=c2s/c(=C\c3cc(I)c(OCc4ccccc4)c(I)c3)c(=O)n2C1c1ccc(OC)c(OCC)c1. The van der Waals surface area contributed by atoms with Gasteiger partial charge < -0.3 is 18.9 Å². The number of carbonyl (C=O) groups excluding carboxylic acids is 1. The van der Waals surface area contributed by atoms with Gasteiger partial charge in [-0.05, 0) is 113 Å². The van der Waals surface area contributed by atoms with E-state index in [0.717, 1.165) is 24.0 Å². The first kappa shape index (κ1) is 32.2. The predicted octanol–water partition coefficient (Wildman–Crippen LogP) is 5.99. The third kappa shape index (κ3) is 6.74. The Kier molecular flexibility index (Phi) is 10.5. The minimum atomic E-state index is -0.758. The van der Waals surface area contributed by atoms with Crippen molar-refractivity contribution >= 4 is 68.6 Å². The lowest BCUT2D eigenvalue weighted by Crippen LogP contribution is -2.40. The molecule has 1 atom stereocenters. The van der Waals surface area contributed by atoms with Crippen LogP contribution in [0.4, 0.5) is 0 Å². The van der Waals surface area contributed by atoms with Crippen molar-refractivity contribution in [3.05, 3.63) is 115 Å². The van der Waals surface area contributed by atoms with Crippen molar-refractivity contribution in [2.24, 2.45) is 4.99 Å². The summed E-state index contributed by atoms with van der Waals surface area (Å²) in [5.74, 6) is 1.36. The molecule has 0 saturated carbocycles. The molecule has 0 N–H and O–H groups in total. The molecule has 0 amide bonds. The van der Waals surface area contributed by atoms with Gasteiger partial charge in [0.2, 0.25) is 0 Å². The normalized spacial score (nSPS) is 14.6. The lowest BCUT2D eigenvalue weighted by atomic mass is 9.95. The number of hydrogen-bond donors (Lipinski definition) is 0. The molecule has 0 fully saturated rings. The monoisotopic (exact) mass is 836 g/mol. The summed E-state index contributed by atoms with van der Waals surface area (Å²) in [6.45, 7) is 6.48. The van der Waals surface area contributed by atoms with E-state index in [9.17, 15) is 9.59 Å². The van der Waals surface area contributed by atoms with Crippen LogP contribution < -0.4 is 29.1 Å². The molecule has 0 spiro atoms. The number of esters is 1. The smallest absolute Gasteiger partial charge is 0.338 e. The molecule has 11 heteroatoms. The summed E-state index contributed by atoms with van der Waals surface area (Å²) in [5.41, 5.74) is 3.18. The number of thiazole rings is 1. The number of halogens is 2. The van der Waals surface area contributed by atoms with Crippen LogP contribution in [0.25, 0.3) is 6.08 Å². The Morgan fingerprint density at radius 1 is 1.00 bits per heavy atom. The Hall–Kier alpha value is -3.17. The number of rotatable bonds is 10. The van der Waals surface area contributed by atoms with E-state index in [-0.39, 0.29) is 12.2 Å². The number of carbonyl (C=O) groups is 1. The number of ether oxygens (including phenoxy) is 4. The second-order valence-corrected chi connectivity index (χ2v) is 13.1. The number of fused-ring (bicyclic) bond motifs is 1. The van der Waals surface area contributed by atoms with E-state index in [1.54, 1.807) is 37.7 Å². The molecule has 2 heterocycles. The topological polar surface area (TPSA) is 88.4 Å². The zero-order chi connectivity index (χ0) is 31.4. The third-order valence-electron chi connectivity index (χ3n) is 6.86. The Balaban J connectivity index is 1.59. The number of allylic oxidation sites excluding steroid dienone is 1. The fraction of sp³-hybridized carbons (Fsp3) is 0.242. The minimum Gasteiger partial charge on any atom is -0.493 e. The number of methoxy groups -OCH3 is 1. The van der Waals surface area contributed by atoms with Crippen LogP contribution in [0.2, 0.25) is 0 Å². The highest BCUT2D eigenvalue weighted by Gasteiger charge is 2.34. The molecule has 4 aromatic rings. The van der Waals surface area contributed by atoms with Crippen LogP contribution in [0.15, 0.2) is 81.7 Å². The van der Waals surface area contributed by atoms with Crippen LogP contribution in [0.3, 0.4) is 0 Å². The van der Waals surface area contributed by atoms with Gasteiger partial charge >= 0.3 is 5.97 Å². The van der Waals surface area contributed by atoms with Gasteiger partial charge in [0.1, 0.15) is 12.4 Å². The van der Waals surface area contributed by atoms with E-state index >= 15 is 0 Å². The van der Waals surface area contributed by atoms with Crippen molar-refractivity contribution in [2.45, 2.75) is 33.4 Å². The van der Waals surface area contributed by atoms with Crippen LogP contribution >= 0.6 is 56.5 Å². The van der Waals surface area contributed by atoms with Crippen molar-refractivity contribution in [1.82, 2.24) is 4.57 Å². The molecule has 0 bridgehead atoms. The Morgan fingerprint density at radius 3 is 2.39 bits per heavy atom. The minimum absolute atomic E-state index is 0.196. The van der Waals surface area contributed by atoms with E-state index in [2.05, 4.69) is 50.2 Å². The standard InChI is InChI=1S/C33H30I2N2O6S/c1-5-41-26-17-22(12-13-25(26)40-4)29-28(32(39)42-6-2)19(3)36-33-37(29)31(38)27(44-33)16-21-14-23(34)30(24(35)15-21)43-18-20-10-8-7-9-11-20/h7-17,29H,5-6,18H2,1-4H3/b27-16-. The third-order valence-corrected chi connectivity index (χ3v) is 9.45. The van der Waals surface area contributed by atoms with E-state index in [1.165, 1.54) is 11.3 Å². The second-order valence-electron chi connectivity index (χ2n) is 9.73. The van der Waals surface area contributed by atoms with Crippen molar-refractivity contribution in [2.75, 3.05) is 20.3 Å². The highest BCUT2D eigenvalue weighted by Crippen LogP contribution is 2.36. The maximum absolute atomic E-state index is 14.1. The first-order valence-corrected chi connectivity index (χ1v) is 16.9. The summed E-state index contributed by atoms with van der Waals surface area (Å²) in [6, 6.07) is 18.7. The molecule has 0 saturated heterocycles. The van der Waals surface area contributed by atoms with Crippen LogP contribution in [0.1, 0.15) is 43.5 Å². The van der Waals surface area contributed by atoms with E-state index in [4.69, 9.17) is 18.9 Å². The van der Waals surface area contributed by atoms with E-state index in [0.29, 0.717) is 50.9 Å². The van der Waals surface area contributed by atoms with Crippen LogP contribution in [0.5, 0.6) is 17.2 Å². The second kappa shape index (κ2) is 14.3. The molecule has 1 aliphatic heterocycles. The van der Waals surface area contributed by atoms with Crippen LogP contribution in [0, 0.1) is 7.14 Å². The molecule has 228 valence electrons. The number of hydrogen-bond acceptors (Lipinski definition) is 8. The Bertz CT molecular complexity index is 1890. The summed E-state index contributed by atoms with van der Waals surface area (Å²) in [5, 5.41) is 0. The van der Waals surface area contributed by atoms with Gasteiger partial charge in [-0.3, -0.25) is 9.36 Å². The lowest BCUT2D eigenvalue weighted by molar-refractivity contribution is -0.139. The molecular formula is C33H30I2N2O6S. The molecule has 1 aliphatic rings. The van der Waals surface area contributed by atoms with Gasteiger partial charge in [0.25, 0.3) is 5.56 Å². The summed E-state index contributed by atoms with van der Waals surface area (Å²) in [4.78, 5) is 32.5. The molecule has 0 radical (unpaired) electrons. The van der Waals surface area contributed by atoms with Gasteiger partial charge in [0.05, 0.1) is 49.3 Å². The van der Waals surface area contributed by atoms with Gasteiger partial charge in [0, 0.05) is 0 Å². The summed E-state index contributed by atoms with van der Waals surface area (Å²) < 4.78 is 26.8. The molecule has 0 aliphatic carbocycles. The molecular weight excluding hydrogens is 806 g/mol. The van der Waals surface area contributed by atoms with Crippen molar-refractivity contribution in [3.63, 3.8) is 0 Å². The number of benzene rings is 3.